The second kappa shape index (κ2) is 9.51. The van der Waals surface area contributed by atoms with Gasteiger partial charge in [-0.15, -0.1) is 0 Å². The van der Waals surface area contributed by atoms with Crippen LogP contribution in [0.3, 0.4) is 0 Å². The normalized spacial score (nSPS) is 17.3. The third kappa shape index (κ3) is 4.54. The van der Waals surface area contributed by atoms with E-state index in [1.165, 1.54) is 6.07 Å². The number of nitrogens with zero attached hydrogens (tertiary/aromatic N) is 6. The van der Waals surface area contributed by atoms with Crippen LogP contribution in [0.2, 0.25) is 0 Å². The number of fused-ring (bicyclic) bond motifs is 1. The van der Waals surface area contributed by atoms with Crippen LogP contribution in [-0.4, -0.2) is 54.6 Å². The van der Waals surface area contributed by atoms with Crippen LogP contribution < -0.4 is 5.32 Å². The number of nitrogens with one attached hydrogen (secondary N) is 1. The van der Waals surface area contributed by atoms with Gasteiger partial charge < -0.3 is 19.9 Å². The van der Waals surface area contributed by atoms with Gasteiger partial charge in [0, 0.05) is 30.3 Å². The largest absolute Gasteiger partial charge is 0.388 e. The zero-order valence-electron chi connectivity index (χ0n) is 20.7. The van der Waals surface area contributed by atoms with Gasteiger partial charge in [0.1, 0.15) is 22.9 Å². The van der Waals surface area contributed by atoms with Crippen molar-refractivity contribution in [3.05, 3.63) is 59.7 Å². The van der Waals surface area contributed by atoms with Crippen LogP contribution in [0.1, 0.15) is 43.8 Å². The fourth-order valence-electron chi connectivity index (χ4n) is 4.95. The number of imidazole rings is 1. The van der Waals surface area contributed by atoms with Crippen molar-refractivity contribution < 1.29 is 13.9 Å². The lowest BCUT2D eigenvalue weighted by Gasteiger charge is -2.18. The first-order chi connectivity index (χ1) is 17.2. The molecule has 10 heteroatoms. The molecule has 0 radical (unpaired) electrons. The first-order valence-corrected chi connectivity index (χ1v) is 12.0. The molecule has 1 aliphatic heterocycles. The number of hydrogen-bond donors (Lipinski definition) is 2. The summed E-state index contributed by atoms with van der Waals surface area (Å²) >= 11 is 0. The average Bonchev–Trinajstić information content (AvgIpc) is 3.43. The number of aryl methyl sites for hydroxylation is 1. The minimum atomic E-state index is -0.667. The van der Waals surface area contributed by atoms with Gasteiger partial charge in [-0.1, -0.05) is 6.07 Å². The van der Waals surface area contributed by atoms with Gasteiger partial charge in [0.15, 0.2) is 11.6 Å². The number of hydrogen-bond acceptors (Lipinski definition) is 7. The van der Waals surface area contributed by atoms with Gasteiger partial charge in [-0.2, -0.15) is 0 Å². The molecule has 0 amide bonds. The lowest BCUT2D eigenvalue weighted by molar-refractivity contribution is 0.112. The maximum absolute atomic E-state index is 14.9. The van der Waals surface area contributed by atoms with Gasteiger partial charge in [0.2, 0.25) is 5.95 Å². The fourth-order valence-corrected chi connectivity index (χ4v) is 4.95. The fraction of sp³-hybridized carbons (Fsp3) is 0.385. The summed E-state index contributed by atoms with van der Waals surface area (Å²) in [5, 5.41) is 13.6. The highest BCUT2D eigenvalue weighted by molar-refractivity contribution is 5.83. The van der Waals surface area contributed by atoms with Crippen molar-refractivity contribution in [2.45, 2.75) is 39.3 Å². The first-order valence-electron chi connectivity index (χ1n) is 12.0. The molecule has 36 heavy (non-hydrogen) atoms. The molecule has 3 aromatic heterocycles. The molecule has 5 rings (SSSR count). The molecule has 1 fully saturated rings. The summed E-state index contributed by atoms with van der Waals surface area (Å²) in [5.41, 5.74) is 1.82. The van der Waals surface area contributed by atoms with Crippen LogP contribution in [0.5, 0.6) is 0 Å². The summed E-state index contributed by atoms with van der Waals surface area (Å²) in [6.45, 7) is 7.59. The highest BCUT2D eigenvalue weighted by Crippen LogP contribution is 2.31. The average molecular weight is 494 g/mol. The molecule has 2 atom stereocenters. The van der Waals surface area contributed by atoms with Crippen LogP contribution in [0.15, 0.2) is 36.7 Å². The number of likely N-dealkylation sites (tertiary alicyclic amines) is 1. The van der Waals surface area contributed by atoms with E-state index in [1.54, 1.807) is 18.3 Å². The Morgan fingerprint density at radius 1 is 1.08 bits per heavy atom. The van der Waals surface area contributed by atoms with Crippen LogP contribution in [0.4, 0.5) is 20.5 Å². The summed E-state index contributed by atoms with van der Waals surface area (Å²) < 4.78 is 31.6. The molecule has 1 saturated heterocycles. The van der Waals surface area contributed by atoms with E-state index in [0.29, 0.717) is 17.2 Å². The maximum Gasteiger partial charge on any atom is 0.229 e. The number of anilines is 2. The van der Waals surface area contributed by atoms with Gasteiger partial charge in [-0.05, 0) is 64.5 Å². The van der Waals surface area contributed by atoms with Gasteiger partial charge in [0.25, 0.3) is 0 Å². The zero-order chi connectivity index (χ0) is 25.6. The summed E-state index contributed by atoms with van der Waals surface area (Å²) in [4.78, 5) is 19.2. The monoisotopic (exact) mass is 493 g/mol. The van der Waals surface area contributed by atoms with Gasteiger partial charge in [-0.25, -0.2) is 28.7 Å². The van der Waals surface area contributed by atoms with Crippen molar-refractivity contribution in [3.8, 4) is 11.3 Å². The highest BCUT2D eigenvalue weighted by Gasteiger charge is 2.27. The molecule has 1 aliphatic rings. The first kappa shape index (κ1) is 24.2. The number of aliphatic hydroxyl groups excluding tert-OH is 1. The molecule has 0 spiro atoms. The van der Waals surface area contributed by atoms with Crippen molar-refractivity contribution in [1.82, 2.24) is 29.4 Å². The summed E-state index contributed by atoms with van der Waals surface area (Å²) in [6.07, 6.45) is 3.02. The Bertz CT molecular complexity index is 1400. The lowest BCUT2D eigenvalue weighted by Crippen LogP contribution is -2.18. The lowest BCUT2D eigenvalue weighted by atomic mass is 9.96. The summed E-state index contributed by atoms with van der Waals surface area (Å²) in [5.74, 6) is 0.218. The SMILES string of the molecule is Cc1nc2c(F)cc(-c3nc(Nc4ccc([C@@H](O)[C@@H]5CCN(C)C5)cn4)ncc3F)cc2n1C(C)C. The number of rotatable bonds is 6. The maximum atomic E-state index is 14.9. The van der Waals surface area contributed by atoms with E-state index in [4.69, 9.17) is 0 Å². The molecule has 4 heterocycles. The molecule has 1 aromatic carbocycles. The molecule has 4 aromatic rings. The minimum Gasteiger partial charge on any atom is -0.388 e. The van der Waals surface area contributed by atoms with E-state index in [1.807, 2.05) is 38.5 Å². The second-order valence-electron chi connectivity index (χ2n) is 9.70. The molecule has 2 N–H and O–H groups in total. The molecule has 0 saturated carbocycles. The van der Waals surface area contributed by atoms with Gasteiger partial charge in [-0.3, -0.25) is 0 Å². The quantitative estimate of drug-likeness (QED) is 0.399. The van der Waals surface area contributed by atoms with Crippen molar-refractivity contribution in [1.29, 1.82) is 0 Å². The number of aliphatic hydroxyl groups is 1. The third-order valence-corrected chi connectivity index (χ3v) is 6.70. The van der Waals surface area contributed by atoms with E-state index in [0.717, 1.165) is 31.3 Å². The number of benzene rings is 1. The summed E-state index contributed by atoms with van der Waals surface area (Å²) in [6, 6.07) is 6.52. The highest BCUT2D eigenvalue weighted by atomic mass is 19.1. The standard InChI is InChI=1S/C26H29F2N7O/c1-14(2)35-15(3)31-24-19(27)9-18(10-21(24)35)23-20(28)12-30-26(33-23)32-22-6-5-16(11-29-22)25(36)17-7-8-34(4)13-17/h5-6,9-12,14,17,25,36H,7-8,13H2,1-4H3,(H,29,30,32,33)/t17-,25-/m1/s1. The number of pyridine rings is 1. The molecule has 188 valence electrons. The second-order valence-corrected chi connectivity index (χ2v) is 9.70. The third-order valence-electron chi connectivity index (χ3n) is 6.70. The van der Waals surface area contributed by atoms with E-state index in [2.05, 4.69) is 30.2 Å². The zero-order valence-corrected chi connectivity index (χ0v) is 20.7. The van der Waals surface area contributed by atoms with E-state index in [9.17, 15) is 13.9 Å². The van der Waals surface area contributed by atoms with Crippen LogP contribution in [0.25, 0.3) is 22.3 Å². The Kier molecular flexibility index (Phi) is 6.40. The van der Waals surface area contributed by atoms with Crippen molar-refractivity contribution in [2.75, 3.05) is 25.5 Å². The van der Waals surface area contributed by atoms with Crippen molar-refractivity contribution in [3.63, 3.8) is 0 Å². The molecule has 0 aliphatic carbocycles. The van der Waals surface area contributed by atoms with E-state index < -0.39 is 17.7 Å². The van der Waals surface area contributed by atoms with E-state index in [-0.39, 0.29) is 34.7 Å². The summed E-state index contributed by atoms with van der Waals surface area (Å²) in [7, 11) is 2.04. The minimum absolute atomic E-state index is 0.0279. The molecule has 0 bridgehead atoms. The Morgan fingerprint density at radius 2 is 1.89 bits per heavy atom. The molecular weight excluding hydrogens is 464 g/mol. The smallest absolute Gasteiger partial charge is 0.229 e. The predicted octanol–water partition coefficient (Wildman–Crippen LogP) is 4.78. The van der Waals surface area contributed by atoms with Gasteiger partial charge >= 0.3 is 0 Å². The van der Waals surface area contributed by atoms with Gasteiger partial charge in [0.05, 0.1) is 17.8 Å². The molecule has 0 unspecified atom stereocenters. The Morgan fingerprint density at radius 3 is 2.56 bits per heavy atom. The Balaban J connectivity index is 1.41. The van der Waals surface area contributed by atoms with Crippen molar-refractivity contribution in [2.24, 2.45) is 5.92 Å². The molecule has 8 nitrogen and oxygen atoms in total. The Hall–Kier alpha value is -3.50. The topological polar surface area (TPSA) is 92.0 Å². The predicted molar refractivity (Wildman–Crippen MR) is 134 cm³/mol. The van der Waals surface area contributed by atoms with E-state index >= 15 is 0 Å². The van der Waals surface area contributed by atoms with Crippen LogP contribution in [0, 0.1) is 24.5 Å². The molecular formula is C26H29F2N7O. The van der Waals surface area contributed by atoms with Crippen molar-refractivity contribution >= 4 is 22.8 Å². The number of halogens is 2. The van der Waals surface area contributed by atoms with Crippen LogP contribution in [-0.2, 0) is 0 Å². The van der Waals surface area contributed by atoms with Crippen LogP contribution >= 0.6 is 0 Å². The Labute approximate surface area is 208 Å². The number of aromatic nitrogens is 5.